The van der Waals surface area contributed by atoms with E-state index in [4.69, 9.17) is 27.9 Å². The van der Waals surface area contributed by atoms with Gasteiger partial charge >= 0.3 is 0 Å². The van der Waals surface area contributed by atoms with Crippen molar-refractivity contribution in [2.75, 3.05) is 20.2 Å². The van der Waals surface area contributed by atoms with Crippen molar-refractivity contribution in [3.05, 3.63) is 27.7 Å². The molecule has 21 heavy (non-hydrogen) atoms. The number of amides is 1. The standard InChI is InChI=1S/C15H20Cl2N2O2/c1-15(2,14(20)18-3)8-19-12-4-5-21-13-10(12)6-9(16)7-11(13)17/h6-7,12,19H,4-5,8H2,1-3H3,(H,18,20). The number of fused-ring (bicyclic) bond motifs is 1. The summed E-state index contributed by atoms with van der Waals surface area (Å²) < 4.78 is 5.63. The first kappa shape index (κ1) is 16.4. The van der Waals surface area contributed by atoms with Gasteiger partial charge in [0, 0.05) is 36.6 Å². The summed E-state index contributed by atoms with van der Waals surface area (Å²) in [6, 6.07) is 3.62. The number of rotatable bonds is 4. The minimum Gasteiger partial charge on any atom is -0.492 e. The monoisotopic (exact) mass is 330 g/mol. The maximum absolute atomic E-state index is 11.8. The lowest BCUT2D eigenvalue weighted by atomic mass is 9.91. The third kappa shape index (κ3) is 3.62. The molecule has 1 amide bonds. The molecule has 0 spiro atoms. The minimum absolute atomic E-state index is 0.00593. The van der Waals surface area contributed by atoms with Crippen LogP contribution in [0.2, 0.25) is 10.0 Å². The van der Waals surface area contributed by atoms with Gasteiger partial charge in [0.2, 0.25) is 5.91 Å². The summed E-state index contributed by atoms with van der Waals surface area (Å²) in [5.74, 6) is 0.689. The van der Waals surface area contributed by atoms with Crippen molar-refractivity contribution in [1.82, 2.24) is 10.6 Å². The molecule has 0 saturated carbocycles. The molecule has 1 heterocycles. The van der Waals surface area contributed by atoms with Crippen molar-refractivity contribution >= 4 is 29.1 Å². The van der Waals surface area contributed by atoms with E-state index >= 15 is 0 Å². The second-order valence-electron chi connectivity index (χ2n) is 5.84. The quantitative estimate of drug-likeness (QED) is 0.891. The van der Waals surface area contributed by atoms with E-state index in [1.165, 1.54) is 0 Å². The van der Waals surface area contributed by atoms with Gasteiger partial charge in [-0.2, -0.15) is 0 Å². The van der Waals surface area contributed by atoms with Crippen LogP contribution in [0.25, 0.3) is 0 Å². The minimum atomic E-state index is -0.490. The summed E-state index contributed by atoms with van der Waals surface area (Å²) in [5.41, 5.74) is 0.460. The number of ether oxygens (including phenoxy) is 1. The number of carbonyl (C=O) groups is 1. The van der Waals surface area contributed by atoms with Crippen molar-refractivity contribution in [2.45, 2.75) is 26.3 Å². The molecule has 0 fully saturated rings. The lowest BCUT2D eigenvalue weighted by Gasteiger charge is -2.31. The predicted molar refractivity (Wildman–Crippen MR) is 85.2 cm³/mol. The maximum Gasteiger partial charge on any atom is 0.226 e. The van der Waals surface area contributed by atoms with Gasteiger partial charge in [-0.25, -0.2) is 0 Å². The summed E-state index contributed by atoms with van der Waals surface area (Å²) in [6.07, 6.45) is 0.813. The zero-order valence-electron chi connectivity index (χ0n) is 12.4. The largest absolute Gasteiger partial charge is 0.492 e. The van der Waals surface area contributed by atoms with Gasteiger partial charge in [0.05, 0.1) is 17.0 Å². The third-order valence-electron chi connectivity index (χ3n) is 3.70. The maximum atomic E-state index is 11.8. The van der Waals surface area contributed by atoms with E-state index < -0.39 is 5.41 Å². The van der Waals surface area contributed by atoms with Gasteiger partial charge < -0.3 is 15.4 Å². The molecular formula is C15H20Cl2N2O2. The van der Waals surface area contributed by atoms with Gasteiger partial charge in [0.25, 0.3) is 0 Å². The number of nitrogens with one attached hydrogen (secondary N) is 2. The molecule has 1 atom stereocenters. The lowest BCUT2D eigenvalue weighted by molar-refractivity contribution is -0.128. The fourth-order valence-electron chi connectivity index (χ4n) is 2.43. The molecule has 0 aromatic heterocycles. The average Bonchev–Trinajstić information content (AvgIpc) is 2.44. The van der Waals surface area contributed by atoms with Gasteiger partial charge in [-0.1, -0.05) is 23.2 Å². The number of carbonyl (C=O) groups excluding carboxylic acids is 1. The Morgan fingerprint density at radius 2 is 2.14 bits per heavy atom. The molecule has 1 aliphatic heterocycles. The summed E-state index contributed by atoms with van der Waals surface area (Å²) in [6.45, 7) is 4.96. The van der Waals surface area contributed by atoms with Crippen LogP contribution < -0.4 is 15.4 Å². The summed E-state index contributed by atoms with van der Waals surface area (Å²) >= 11 is 12.3. The van der Waals surface area contributed by atoms with Crippen LogP contribution in [0, 0.1) is 5.41 Å². The molecule has 1 aromatic rings. The van der Waals surface area contributed by atoms with Crippen LogP contribution in [0.1, 0.15) is 31.9 Å². The van der Waals surface area contributed by atoms with E-state index in [9.17, 15) is 4.79 Å². The molecule has 1 aromatic carbocycles. The van der Waals surface area contributed by atoms with E-state index in [2.05, 4.69) is 10.6 Å². The molecule has 2 N–H and O–H groups in total. The normalized spacial score (nSPS) is 17.9. The Kier molecular flexibility index (Phi) is 5.02. The van der Waals surface area contributed by atoms with Crippen molar-refractivity contribution in [3.8, 4) is 5.75 Å². The van der Waals surface area contributed by atoms with E-state index in [1.54, 1.807) is 13.1 Å². The summed E-state index contributed by atoms with van der Waals surface area (Å²) in [7, 11) is 1.65. The first-order chi connectivity index (χ1) is 9.85. The Bertz CT molecular complexity index is 547. The predicted octanol–water partition coefficient (Wildman–Crippen LogP) is 3.18. The first-order valence-electron chi connectivity index (χ1n) is 6.92. The molecule has 0 bridgehead atoms. The van der Waals surface area contributed by atoms with Gasteiger partial charge in [0.1, 0.15) is 5.75 Å². The molecule has 2 rings (SSSR count). The molecule has 4 nitrogen and oxygen atoms in total. The van der Waals surface area contributed by atoms with Crippen molar-refractivity contribution in [1.29, 1.82) is 0 Å². The highest BCUT2D eigenvalue weighted by molar-refractivity contribution is 6.35. The Balaban J connectivity index is 2.16. The molecule has 0 radical (unpaired) electrons. The molecule has 116 valence electrons. The zero-order chi connectivity index (χ0) is 15.6. The third-order valence-corrected chi connectivity index (χ3v) is 4.20. The lowest BCUT2D eigenvalue weighted by Crippen LogP contribution is -2.43. The zero-order valence-corrected chi connectivity index (χ0v) is 13.9. The first-order valence-corrected chi connectivity index (χ1v) is 7.68. The van der Waals surface area contributed by atoms with Crippen LogP contribution in [0.5, 0.6) is 5.75 Å². The number of hydrogen-bond donors (Lipinski definition) is 2. The van der Waals surface area contributed by atoms with Crippen LogP contribution in [0.4, 0.5) is 0 Å². The summed E-state index contributed by atoms with van der Waals surface area (Å²) in [5, 5.41) is 7.22. The SMILES string of the molecule is CNC(=O)C(C)(C)CNC1CCOc2c(Cl)cc(Cl)cc21. The molecule has 6 heteroatoms. The van der Waals surface area contributed by atoms with E-state index in [0.29, 0.717) is 28.9 Å². The van der Waals surface area contributed by atoms with Crippen LogP contribution in [0.15, 0.2) is 12.1 Å². The smallest absolute Gasteiger partial charge is 0.226 e. The Morgan fingerprint density at radius 1 is 1.43 bits per heavy atom. The topological polar surface area (TPSA) is 50.4 Å². The van der Waals surface area contributed by atoms with Crippen molar-refractivity contribution < 1.29 is 9.53 Å². The fourth-order valence-corrected chi connectivity index (χ4v) is 3.00. The highest BCUT2D eigenvalue weighted by Crippen LogP contribution is 2.40. The summed E-state index contributed by atoms with van der Waals surface area (Å²) in [4.78, 5) is 11.8. The van der Waals surface area contributed by atoms with E-state index in [1.807, 2.05) is 19.9 Å². The Labute approximate surface area is 135 Å². The van der Waals surface area contributed by atoms with Gasteiger partial charge in [-0.15, -0.1) is 0 Å². The van der Waals surface area contributed by atoms with Crippen LogP contribution in [-0.4, -0.2) is 26.1 Å². The highest BCUT2D eigenvalue weighted by atomic mass is 35.5. The number of halogens is 2. The second kappa shape index (κ2) is 6.42. The van der Waals surface area contributed by atoms with Gasteiger partial charge in [-0.05, 0) is 26.0 Å². The van der Waals surface area contributed by atoms with Crippen LogP contribution >= 0.6 is 23.2 Å². The molecular weight excluding hydrogens is 311 g/mol. The molecule has 0 saturated heterocycles. The average molecular weight is 331 g/mol. The van der Waals surface area contributed by atoms with Crippen LogP contribution in [-0.2, 0) is 4.79 Å². The van der Waals surface area contributed by atoms with Crippen molar-refractivity contribution in [3.63, 3.8) is 0 Å². The van der Waals surface area contributed by atoms with Crippen LogP contribution in [0.3, 0.4) is 0 Å². The fraction of sp³-hybridized carbons (Fsp3) is 0.533. The van der Waals surface area contributed by atoms with Crippen molar-refractivity contribution in [2.24, 2.45) is 5.41 Å². The van der Waals surface area contributed by atoms with E-state index in [-0.39, 0.29) is 11.9 Å². The number of benzene rings is 1. The molecule has 1 unspecified atom stereocenters. The van der Waals surface area contributed by atoms with Gasteiger partial charge in [-0.3, -0.25) is 4.79 Å². The Hall–Kier alpha value is -0.970. The molecule has 0 aliphatic carbocycles. The van der Waals surface area contributed by atoms with Gasteiger partial charge in [0.15, 0.2) is 0 Å². The van der Waals surface area contributed by atoms with E-state index in [0.717, 1.165) is 12.0 Å². The number of hydrogen-bond acceptors (Lipinski definition) is 3. The highest BCUT2D eigenvalue weighted by Gasteiger charge is 2.30. The molecule has 1 aliphatic rings. The Morgan fingerprint density at radius 3 is 2.81 bits per heavy atom. The second-order valence-corrected chi connectivity index (χ2v) is 6.68.